The Morgan fingerprint density at radius 1 is 1.35 bits per heavy atom. The molecule has 0 saturated heterocycles. The molecule has 0 spiro atoms. The van der Waals surface area contributed by atoms with Crippen molar-refractivity contribution in [3.8, 4) is 5.75 Å². The average Bonchev–Trinajstić information content (AvgIpc) is 3.18. The van der Waals surface area contributed by atoms with E-state index in [4.69, 9.17) is 4.74 Å². The van der Waals surface area contributed by atoms with E-state index in [2.05, 4.69) is 5.32 Å². The predicted octanol–water partition coefficient (Wildman–Crippen LogP) is 1.95. The summed E-state index contributed by atoms with van der Waals surface area (Å²) in [5, 5.41) is 3.24. The van der Waals surface area contributed by atoms with Gasteiger partial charge < -0.3 is 10.1 Å². The summed E-state index contributed by atoms with van der Waals surface area (Å²) in [4.78, 5) is 11.6. The zero-order valence-corrected chi connectivity index (χ0v) is 10.2. The molecule has 0 amide bonds. The molecular weight excluding hydrogens is 214 g/mol. The van der Waals surface area contributed by atoms with Gasteiger partial charge in [-0.05, 0) is 37.0 Å². The van der Waals surface area contributed by atoms with Crippen molar-refractivity contribution in [3.05, 3.63) is 29.8 Å². The van der Waals surface area contributed by atoms with Gasteiger partial charge in [0.2, 0.25) is 0 Å². The lowest BCUT2D eigenvalue weighted by Gasteiger charge is -2.04. The number of ether oxygens (including phenoxy) is 1. The van der Waals surface area contributed by atoms with Crippen LogP contribution >= 0.6 is 0 Å². The average molecular weight is 233 g/mol. The highest BCUT2D eigenvalue weighted by Crippen LogP contribution is 2.18. The van der Waals surface area contributed by atoms with E-state index in [9.17, 15) is 4.79 Å². The van der Waals surface area contributed by atoms with Gasteiger partial charge in [0.05, 0.1) is 13.7 Å². The van der Waals surface area contributed by atoms with Crippen molar-refractivity contribution >= 4 is 5.78 Å². The number of Topliss-reactive ketones (excluding diaryl/α,β-unsaturated/α-hetero) is 1. The number of hydrogen-bond acceptors (Lipinski definition) is 3. The molecule has 17 heavy (non-hydrogen) atoms. The zero-order valence-electron chi connectivity index (χ0n) is 10.2. The van der Waals surface area contributed by atoms with E-state index < -0.39 is 0 Å². The molecule has 2 rings (SSSR count). The van der Waals surface area contributed by atoms with Crippen LogP contribution in [0.2, 0.25) is 0 Å². The van der Waals surface area contributed by atoms with Gasteiger partial charge in [0.1, 0.15) is 11.5 Å². The Morgan fingerprint density at radius 3 is 2.65 bits per heavy atom. The molecule has 3 nitrogen and oxygen atoms in total. The monoisotopic (exact) mass is 233 g/mol. The van der Waals surface area contributed by atoms with Gasteiger partial charge >= 0.3 is 0 Å². The van der Waals surface area contributed by atoms with Crippen molar-refractivity contribution in [2.45, 2.75) is 31.7 Å². The Morgan fingerprint density at radius 2 is 2.06 bits per heavy atom. The van der Waals surface area contributed by atoms with E-state index in [1.54, 1.807) is 7.11 Å². The first kappa shape index (κ1) is 12.1. The van der Waals surface area contributed by atoms with Crippen molar-refractivity contribution < 1.29 is 9.53 Å². The minimum absolute atomic E-state index is 0.299. The molecule has 1 aliphatic rings. The molecule has 1 fully saturated rings. The number of benzene rings is 1. The molecule has 1 aromatic rings. The molecule has 1 saturated carbocycles. The fourth-order valence-corrected chi connectivity index (χ4v) is 1.71. The molecular formula is C14H19NO2. The standard InChI is InChI=1S/C14H19NO2/c1-17-14-8-3-11(4-9-14)2-7-13(16)10-15-12-5-6-12/h3-4,8-9,12,15H,2,5-7,10H2,1H3. The molecule has 0 heterocycles. The molecule has 0 atom stereocenters. The van der Waals surface area contributed by atoms with Gasteiger partial charge in [0, 0.05) is 12.5 Å². The Bertz CT molecular complexity index is 368. The number of hydrogen-bond donors (Lipinski definition) is 1. The SMILES string of the molecule is COc1ccc(CCC(=O)CNC2CC2)cc1. The van der Waals surface area contributed by atoms with Crippen molar-refractivity contribution in [2.75, 3.05) is 13.7 Å². The third kappa shape index (κ3) is 4.19. The molecule has 3 heteroatoms. The first-order chi connectivity index (χ1) is 8.28. The second-order valence-electron chi connectivity index (χ2n) is 4.54. The van der Waals surface area contributed by atoms with Crippen molar-refractivity contribution in [1.29, 1.82) is 0 Å². The van der Waals surface area contributed by atoms with Crippen LogP contribution in [0, 0.1) is 0 Å². The van der Waals surface area contributed by atoms with Crippen LogP contribution < -0.4 is 10.1 Å². The van der Waals surface area contributed by atoms with Gasteiger partial charge in [-0.15, -0.1) is 0 Å². The van der Waals surface area contributed by atoms with E-state index in [-0.39, 0.29) is 0 Å². The lowest BCUT2D eigenvalue weighted by atomic mass is 10.1. The molecule has 92 valence electrons. The highest BCUT2D eigenvalue weighted by molar-refractivity contribution is 5.80. The topological polar surface area (TPSA) is 38.3 Å². The number of rotatable bonds is 7. The summed E-state index contributed by atoms with van der Waals surface area (Å²) in [5.41, 5.74) is 1.19. The van der Waals surface area contributed by atoms with Crippen LogP contribution in [0.4, 0.5) is 0 Å². The quantitative estimate of drug-likeness (QED) is 0.782. The summed E-state index contributed by atoms with van der Waals surface area (Å²) >= 11 is 0. The van der Waals surface area contributed by atoms with Crippen LogP contribution in [-0.2, 0) is 11.2 Å². The smallest absolute Gasteiger partial charge is 0.146 e. The van der Waals surface area contributed by atoms with Gasteiger partial charge in [-0.2, -0.15) is 0 Å². The van der Waals surface area contributed by atoms with E-state index in [1.165, 1.54) is 18.4 Å². The fraction of sp³-hybridized carbons (Fsp3) is 0.500. The van der Waals surface area contributed by atoms with Gasteiger partial charge in [0.15, 0.2) is 0 Å². The summed E-state index contributed by atoms with van der Waals surface area (Å²) in [7, 11) is 1.65. The van der Waals surface area contributed by atoms with Crippen LogP contribution in [0.3, 0.4) is 0 Å². The highest BCUT2D eigenvalue weighted by atomic mass is 16.5. The minimum atomic E-state index is 0.299. The van der Waals surface area contributed by atoms with E-state index >= 15 is 0 Å². The molecule has 0 unspecified atom stereocenters. The van der Waals surface area contributed by atoms with Crippen molar-refractivity contribution in [2.24, 2.45) is 0 Å². The van der Waals surface area contributed by atoms with Crippen molar-refractivity contribution in [3.63, 3.8) is 0 Å². The summed E-state index contributed by atoms with van der Waals surface area (Å²) in [6, 6.07) is 8.51. The molecule has 1 aromatic carbocycles. The maximum absolute atomic E-state index is 11.6. The lowest BCUT2D eigenvalue weighted by molar-refractivity contribution is -0.118. The van der Waals surface area contributed by atoms with Gasteiger partial charge in [-0.3, -0.25) is 4.79 Å². The van der Waals surface area contributed by atoms with Gasteiger partial charge in [0.25, 0.3) is 0 Å². The lowest BCUT2D eigenvalue weighted by Crippen LogP contribution is -2.24. The molecule has 1 aliphatic carbocycles. The Balaban J connectivity index is 1.70. The number of aryl methyl sites for hydroxylation is 1. The number of carbonyl (C=O) groups excluding carboxylic acids is 1. The van der Waals surface area contributed by atoms with Crippen LogP contribution in [0.5, 0.6) is 5.75 Å². The van der Waals surface area contributed by atoms with Crippen LogP contribution in [-0.4, -0.2) is 25.5 Å². The zero-order chi connectivity index (χ0) is 12.1. The molecule has 0 aromatic heterocycles. The maximum Gasteiger partial charge on any atom is 0.146 e. The summed E-state index contributed by atoms with van der Waals surface area (Å²) in [6.45, 7) is 0.529. The molecule has 0 radical (unpaired) electrons. The minimum Gasteiger partial charge on any atom is -0.497 e. The van der Waals surface area contributed by atoms with Gasteiger partial charge in [-0.1, -0.05) is 12.1 Å². The molecule has 0 aliphatic heterocycles. The largest absolute Gasteiger partial charge is 0.497 e. The third-order valence-electron chi connectivity index (χ3n) is 3.02. The van der Waals surface area contributed by atoms with E-state index in [1.807, 2.05) is 24.3 Å². The van der Waals surface area contributed by atoms with Crippen LogP contribution in [0.1, 0.15) is 24.8 Å². The van der Waals surface area contributed by atoms with Crippen molar-refractivity contribution in [1.82, 2.24) is 5.32 Å². The fourth-order valence-electron chi connectivity index (χ4n) is 1.71. The molecule has 1 N–H and O–H groups in total. The number of ketones is 1. The second kappa shape index (κ2) is 5.82. The first-order valence-corrected chi connectivity index (χ1v) is 6.16. The highest BCUT2D eigenvalue weighted by Gasteiger charge is 2.20. The van der Waals surface area contributed by atoms with Crippen LogP contribution in [0.15, 0.2) is 24.3 Å². The Hall–Kier alpha value is -1.35. The number of methoxy groups -OCH3 is 1. The number of nitrogens with one attached hydrogen (secondary N) is 1. The molecule has 0 bridgehead atoms. The predicted molar refractivity (Wildman–Crippen MR) is 67.3 cm³/mol. The summed E-state index contributed by atoms with van der Waals surface area (Å²) < 4.78 is 5.09. The van der Waals surface area contributed by atoms with E-state index in [0.29, 0.717) is 24.8 Å². The number of carbonyl (C=O) groups is 1. The maximum atomic E-state index is 11.6. The Kier molecular flexibility index (Phi) is 4.15. The third-order valence-corrected chi connectivity index (χ3v) is 3.02. The Labute approximate surface area is 102 Å². The first-order valence-electron chi connectivity index (χ1n) is 6.16. The summed E-state index contributed by atoms with van der Waals surface area (Å²) in [6.07, 6.45) is 3.89. The van der Waals surface area contributed by atoms with Gasteiger partial charge in [-0.25, -0.2) is 0 Å². The van der Waals surface area contributed by atoms with Crippen LogP contribution in [0.25, 0.3) is 0 Å². The summed E-state index contributed by atoms with van der Waals surface area (Å²) in [5.74, 6) is 1.16. The normalized spacial score (nSPS) is 14.6. The van der Waals surface area contributed by atoms with E-state index in [0.717, 1.165) is 12.2 Å². The second-order valence-corrected chi connectivity index (χ2v) is 4.54.